The van der Waals surface area contributed by atoms with Crippen molar-refractivity contribution in [2.24, 2.45) is 0 Å². The Morgan fingerprint density at radius 3 is 1.30 bits per heavy atom. The second-order valence-electron chi connectivity index (χ2n) is 8.77. The lowest BCUT2D eigenvalue weighted by Gasteiger charge is -2.19. The summed E-state index contributed by atoms with van der Waals surface area (Å²) in [6.07, 6.45) is 2.29. The summed E-state index contributed by atoms with van der Waals surface area (Å²) in [6, 6.07) is 10.3. The number of benzene rings is 2. The second kappa shape index (κ2) is 17.5. The van der Waals surface area contributed by atoms with Crippen LogP contribution in [-0.2, 0) is 38.1 Å². The molecule has 11 nitrogen and oxygen atoms in total. The van der Waals surface area contributed by atoms with E-state index in [0.717, 1.165) is 35.4 Å². The van der Waals surface area contributed by atoms with Gasteiger partial charge in [-0.05, 0) is 61.4 Å². The van der Waals surface area contributed by atoms with Crippen molar-refractivity contribution in [1.29, 1.82) is 0 Å². The van der Waals surface area contributed by atoms with Crippen LogP contribution in [0.4, 0.5) is 0 Å². The molecule has 228 valence electrons. The number of hydrogen-bond donors (Lipinski definition) is 0. The summed E-state index contributed by atoms with van der Waals surface area (Å²) >= 11 is 0. The molecular formula is C32H34O11. The first-order chi connectivity index (χ1) is 20.6. The van der Waals surface area contributed by atoms with Crippen molar-refractivity contribution in [3.63, 3.8) is 0 Å². The molecule has 0 aliphatic heterocycles. The van der Waals surface area contributed by atoms with E-state index in [1.807, 2.05) is 13.8 Å². The first kappa shape index (κ1) is 33.9. The molecule has 2 unspecified atom stereocenters. The first-order valence-electron chi connectivity index (χ1n) is 13.0. The van der Waals surface area contributed by atoms with Gasteiger partial charge in [-0.25, -0.2) is 19.2 Å². The van der Waals surface area contributed by atoms with Crippen LogP contribution in [0.2, 0.25) is 0 Å². The maximum absolute atomic E-state index is 11.6. The molecule has 0 aliphatic carbocycles. The predicted molar refractivity (Wildman–Crippen MR) is 156 cm³/mol. The van der Waals surface area contributed by atoms with Gasteiger partial charge in [-0.2, -0.15) is 0 Å². The van der Waals surface area contributed by atoms with E-state index in [1.165, 1.54) is 0 Å². The molecule has 0 aromatic heterocycles. The maximum atomic E-state index is 11.6. The first-order valence-corrected chi connectivity index (χ1v) is 13.0. The van der Waals surface area contributed by atoms with Gasteiger partial charge in [0.05, 0.1) is 0 Å². The van der Waals surface area contributed by atoms with Crippen molar-refractivity contribution in [2.45, 2.75) is 26.1 Å². The molecule has 0 amide bonds. The van der Waals surface area contributed by atoms with E-state index in [4.69, 9.17) is 33.2 Å². The lowest BCUT2D eigenvalue weighted by Crippen LogP contribution is -2.30. The molecule has 0 bridgehead atoms. The Bertz CT molecular complexity index is 1240. The minimum absolute atomic E-state index is 0.0734. The monoisotopic (exact) mass is 594 g/mol. The standard InChI is InChI=1S/C32H34O11/c1-7-29(33)39-19-25(42-31(35)9-3)17-37-27-13-11-23(15-21(27)5)41-24-12-14-28(22(6)16-24)38-18-26(43-32(36)10-4)20-40-30(34)8-2/h7-16,25-26H,1-4,17-20H2,5-6H3. The third kappa shape index (κ3) is 12.0. The third-order valence-electron chi connectivity index (χ3n) is 5.43. The van der Waals surface area contributed by atoms with E-state index < -0.39 is 36.1 Å². The Kier molecular flexibility index (Phi) is 13.8. The topological polar surface area (TPSA) is 133 Å². The van der Waals surface area contributed by atoms with Crippen molar-refractivity contribution >= 4 is 23.9 Å². The zero-order valence-electron chi connectivity index (χ0n) is 24.1. The number of esters is 4. The molecule has 11 heteroatoms. The normalized spacial score (nSPS) is 11.5. The van der Waals surface area contributed by atoms with Gasteiger partial charge in [0, 0.05) is 24.3 Å². The minimum atomic E-state index is -0.861. The Hall–Kier alpha value is -5.32. The fourth-order valence-electron chi connectivity index (χ4n) is 3.32. The second-order valence-corrected chi connectivity index (χ2v) is 8.77. The van der Waals surface area contributed by atoms with Gasteiger partial charge in [0.1, 0.15) is 49.4 Å². The smallest absolute Gasteiger partial charge is 0.330 e. The number of carbonyl (C=O) groups is 4. The molecule has 2 aromatic carbocycles. The Morgan fingerprint density at radius 2 is 0.977 bits per heavy atom. The number of carbonyl (C=O) groups excluding carboxylic acids is 4. The van der Waals surface area contributed by atoms with Crippen molar-refractivity contribution in [2.75, 3.05) is 26.4 Å². The fraction of sp³-hybridized carbons (Fsp3) is 0.250. The van der Waals surface area contributed by atoms with Gasteiger partial charge in [0.25, 0.3) is 0 Å². The zero-order chi connectivity index (χ0) is 31.8. The molecule has 0 spiro atoms. The number of rotatable bonds is 18. The highest BCUT2D eigenvalue weighted by Crippen LogP contribution is 2.30. The Labute approximate surface area is 249 Å². The SMILES string of the molecule is C=CC(=O)OCC(COc1ccc(Oc2ccc(OCC(COC(=O)C=C)OC(=O)C=C)c(C)c2)cc1C)OC(=O)C=C. The van der Waals surface area contributed by atoms with Crippen molar-refractivity contribution in [3.8, 4) is 23.0 Å². The third-order valence-corrected chi connectivity index (χ3v) is 5.43. The van der Waals surface area contributed by atoms with Crippen LogP contribution < -0.4 is 14.2 Å². The van der Waals surface area contributed by atoms with E-state index in [1.54, 1.807) is 36.4 Å². The van der Waals surface area contributed by atoms with Gasteiger partial charge < -0.3 is 33.2 Å². The summed E-state index contributed by atoms with van der Waals surface area (Å²) in [5.74, 6) is -0.588. The lowest BCUT2D eigenvalue weighted by atomic mass is 10.2. The molecule has 43 heavy (non-hydrogen) atoms. The van der Waals surface area contributed by atoms with E-state index in [9.17, 15) is 19.2 Å². The number of hydrogen-bond acceptors (Lipinski definition) is 11. The van der Waals surface area contributed by atoms with Gasteiger partial charge in [-0.1, -0.05) is 26.3 Å². The molecule has 0 saturated heterocycles. The highest BCUT2D eigenvalue weighted by atomic mass is 16.6. The average Bonchev–Trinajstić information content (AvgIpc) is 3.00. The van der Waals surface area contributed by atoms with Gasteiger partial charge in [-0.15, -0.1) is 0 Å². The summed E-state index contributed by atoms with van der Waals surface area (Å²) in [4.78, 5) is 46.0. The van der Waals surface area contributed by atoms with Gasteiger partial charge >= 0.3 is 23.9 Å². The van der Waals surface area contributed by atoms with Gasteiger partial charge in [0.2, 0.25) is 0 Å². The van der Waals surface area contributed by atoms with Gasteiger partial charge in [-0.3, -0.25) is 0 Å². The van der Waals surface area contributed by atoms with Crippen LogP contribution in [0.15, 0.2) is 87.0 Å². The van der Waals surface area contributed by atoms with Gasteiger partial charge in [0.15, 0.2) is 12.2 Å². The molecule has 0 radical (unpaired) electrons. The molecule has 0 N–H and O–H groups in total. The summed E-state index contributed by atoms with van der Waals surface area (Å²) in [7, 11) is 0. The fourth-order valence-corrected chi connectivity index (χ4v) is 3.32. The average molecular weight is 595 g/mol. The van der Waals surface area contributed by atoms with Crippen LogP contribution in [0.25, 0.3) is 0 Å². The summed E-state index contributed by atoms with van der Waals surface area (Å²) in [5.41, 5.74) is 1.48. The van der Waals surface area contributed by atoms with Crippen molar-refractivity contribution < 1.29 is 52.3 Å². The Balaban J connectivity index is 2.01. The number of ether oxygens (including phenoxy) is 7. The van der Waals surface area contributed by atoms with Crippen LogP contribution in [0.5, 0.6) is 23.0 Å². The molecule has 2 atom stereocenters. The largest absolute Gasteiger partial charge is 0.489 e. The highest BCUT2D eigenvalue weighted by molar-refractivity contribution is 5.82. The van der Waals surface area contributed by atoms with Crippen molar-refractivity contribution in [1.82, 2.24) is 0 Å². The van der Waals surface area contributed by atoms with Crippen LogP contribution in [-0.4, -0.2) is 62.5 Å². The van der Waals surface area contributed by atoms with Crippen molar-refractivity contribution in [3.05, 3.63) is 98.1 Å². The quantitative estimate of drug-likeness (QED) is 0.137. The molecule has 2 aromatic rings. The molecule has 2 rings (SSSR count). The maximum Gasteiger partial charge on any atom is 0.330 e. The van der Waals surface area contributed by atoms with Crippen LogP contribution in [0, 0.1) is 13.8 Å². The Morgan fingerprint density at radius 1 is 0.605 bits per heavy atom. The van der Waals surface area contributed by atoms with Crippen LogP contribution in [0.3, 0.4) is 0 Å². The molecule has 0 heterocycles. The number of aryl methyl sites for hydroxylation is 2. The molecule has 0 fully saturated rings. The minimum Gasteiger partial charge on any atom is -0.489 e. The van der Waals surface area contributed by atoms with E-state index in [-0.39, 0.29) is 26.4 Å². The predicted octanol–water partition coefficient (Wildman–Crippen LogP) is 4.51. The molecule has 0 aliphatic rings. The summed E-state index contributed by atoms with van der Waals surface area (Å²) in [5, 5.41) is 0. The summed E-state index contributed by atoms with van der Waals surface area (Å²) in [6.45, 7) is 16.4. The van der Waals surface area contributed by atoms with E-state index in [0.29, 0.717) is 23.0 Å². The van der Waals surface area contributed by atoms with E-state index in [2.05, 4.69) is 26.3 Å². The lowest BCUT2D eigenvalue weighted by molar-refractivity contribution is -0.154. The highest BCUT2D eigenvalue weighted by Gasteiger charge is 2.18. The van der Waals surface area contributed by atoms with Crippen LogP contribution >= 0.6 is 0 Å². The zero-order valence-corrected chi connectivity index (χ0v) is 24.1. The molecule has 0 saturated carbocycles. The van der Waals surface area contributed by atoms with E-state index >= 15 is 0 Å². The molecular weight excluding hydrogens is 560 g/mol. The summed E-state index contributed by atoms with van der Waals surface area (Å²) < 4.78 is 37.9. The van der Waals surface area contributed by atoms with Crippen LogP contribution in [0.1, 0.15) is 11.1 Å².